The number of aliphatic carboxylic acids is 1. The largest absolute Gasteiger partial charge is 0.481 e. The minimum Gasteiger partial charge on any atom is -0.481 e. The quantitative estimate of drug-likeness (QED) is 0.457. The van der Waals surface area contributed by atoms with Crippen LogP contribution in [0.25, 0.3) is 0 Å². The number of carbonyl (C=O) groups excluding carboxylic acids is 1. The summed E-state index contributed by atoms with van der Waals surface area (Å²) < 4.78 is 4.70. The number of carboxylic acids is 1. The summed E-state index contributed by atoms with van der Waals surface area (Å²) >= 11 is 0. The predicted molar refractivity (Wildman–Crippen MR) is 49.7 cm³/mol. The van der Waals surface area contributed by atoms with Gasteiger partial charge < -0.3 is 20.9 Å². The van der Waals surface area contributed by atoms with Gasteiger partial charge in [-0.3, -0.25) is 9.59 Å². The van der Waals surface area contributed by atoms with Gasteiger partial charge in [0, 0.05) is 13.1 Å². The Morgan fingerprint density at radius 3 is 2.64 bits per heavy atom. The van der Waals surface area contributed by atoms with Crippen LogP contribution in [0.3, 0.4) is 0 Å². The van der Waals surface area contributed by atoms with Crippen LogP contribution in [-0.4, -0.2) is 42.8 Å². The molecule has 0 saturated heterocycles. The van der Waals surface area contributed by atoms with Crippen molar-refractivity contribution in [2.45, 2.75) is 19.4 Å². The van der Waals surface area contributed by atoms with Crippen LogP contribution in [0, 0.1) is 0 Å². The molecule has 14 heavy (non-hydrogen) atoms. The topological polar surface area (TPSA) is 102 Å². The number of rotatable bonds is 7. The molecule has 82 valence electrons. The van der Waals surface area contributed by atoms with E-state index in [1.165, 1.54) is 0 Å². The summed E-state index contributed by atoms with van der Waals surface area (Å²) in [5, 5.41) is 11.2. The molecule has 0 aromatic rings. The van der Waals surface area contributed by atoms with E-state index >= 15 is 0 Å². The third kappa shape index (κ3) is 5.50. The van der Waals surface area contributed by atoms with Gasteiger partial charge in [-0.15, -0.1) is 0 Å². The van der Waals surface area contributed by atoms with Gasteiger partial charge in [-0.1, -0.05) is 0 Å². The molecule has 0 radical (unpaired) electrons. The fourth-order valence-corrected chi connectivity index (χ4v) is 0.914. The Morgan fingerprint density at radius 2 is 2.21 bits per heavy atom. The van der Waals surface area contributed by atoms with Crippen LogP contribution in [0.5, 0.6) is 0 Å². The molecule has 0 aliphatic carbocycles. The summed E-state index contributed by atoms with van der Waals surface area (Å²) in [6, 6.07) is -0.809. The smallest absolute Gasteiger partial charge is 0.323 e. The van der Waals surface area contributed by atoms with Crippen molar-refractivity contribution in [1.82, 2.24) is 5.32 Å². The Balaban J connectivity index is 4.08. The highest BCUT2D eigenvalue weighted by Crippen LogP contribution is 1.95. The molecule has 4 N–H and O–H groups in total. The number of carbonyl (C=O) groups is 2. The van der Waals surface area contributed by atoms with Crippen LogP contribution in [0.1, 0.15) is 13.3 Å². The van der Waals surface area contributed by atoms with Crippen molar-refractivity contribution in [3.8, 4) is 0 Å². The molecule has 6 nitrogen and oxygen atoms in total. The van der Waals surface area contributed by atoms with E-state index < -0.39 is 18.0 Å². The molecular formula is C8H16N2O4. The number of ether oxygens (including phenoxy) is 1. The van der Waals surface area contributed by atoms with Crippen molar-refractivity contribution < 1.29 is 19.4 Å². The lowest BCUT2D eigenvalue weighted by atomic mass is 10.2. The Bertz CT molecular complexity index is 196. The highest BCUT2D eigenvalue weighted by atomic mass is 16.5. The van der Waals surface area contributed by atoms with Gasteiger partial charge in [0.1, 0.15) is 6.04 Å². The van der Waals surface area contributed by atoms with E-state index in [2.05, 4.69) is 5.32 Å². The Morgan fingerprint density at radius 1 is 1.57 bits per heavy atom. The molecule has 0 amide bonds. The molecule has 0 aromatic heterocycles. The average Bonchev–Trinajstić information content (AvgIpc) is 2.12. The number of hydrogen-bond donors (Lipinski definition) is 3. The zero-order valence-corrected chi connectivity index (χ0v) is 8.16. The first-order valence-corrected chi connectivity index (χ1v) is 4.43. The summed E-state index contributed by atoms with van der Waals surface area (Å²) in [7, 11) is 0. The summed E-state index contributed by atoms with van der Waals surface area (Å²) in [5.74, 6) is -1.60. The lowest BCUT2D eigenvalue weighted by molar-refractivity contribution is -0.150. The second-order valence-corrected chi connectivity index (χ2v) is 2.65. The number of carboxylic acid groups (broad SMARTS) is 1. The lowest BCUT2D eigenvalue weighted by Gasteiger charge is -2.14. The fourth-order valence-electron chi connectivity index (χ4n) is 0.914. The van der Waals surface area contributed by atoms with Gasteiger partial charge in [0.05, 0.1) is 13.0 Å². The molecule has 0 rings (SSSR count). The fraction of sp³-hybridized carbons (Fsp3) is 0.750. The SMILES string of the molecule is CCOC(=O)C(CC(=O)O)NCCN. The third-order valence-corrected chi connectivity index (χ3v) is 1.48. The monoisotopic (exact) mass is 204 g/mol. The van der Waals surface area contributed by atoms with Crippen LogP contribution in [0.4, 0.5) is 0 Å². The molecule has 0 fully saturated rings. The number of nitrogens with two attached hydrogens (primary N) is 1. The number of esters is 1. The van der Waals surface area contributed by atoms with Crippen LogP contribution in [-0.2, 0) is 14.3 Å². The van der Waals surface area contributed by atoms with Crippen molar-refractivity contribution in [1.29, 1.82) is 0 Å². The predicted octanol–water partition coefficient (Wildman–Crippen LogP) is -1.06. The molecule has 6 heteroatoms. The molecule has 0 heterocycles. The lowest BCUT2D eigenvalue weighted by Crippen LogP contribution is -2.42. The third-order valence-electron chi connectivity index (χ3n) is 1.48. The van der Waals surface area contributed by atoms with Crippen LogP contribution in [0.15, 0.2) is 0 Å². The van der Waals surface area contributed by atoms with Crippen LogP contribution < -0.4 is 11.1 Å². The minimum absolute atomic E-state index is 0.235. The highest BCUT2D eigenvalue weighted by molar-refractivity contribution is 5.81. The second kappa shape index (κ2) is 7.28. The maximum Gasteiger partial charge on any atom is 0.323 e. The van der Waals surface area contributed by atoms with E-state index in [0.717, 1.165) is 0 Å². The zero-order valence-electron chi connectivity index (χ0n) is 8.16. The van der Waals surface area contributed by atoms with Crippen molar-refractivity contribution >= 4 is 11.9 Å². The van der Waals surface area contributed by atoms with E-state index in [1.807, 2.05) is 0 Å². The first-order chi connectivity index (χ1) is 6.61. The van der Waals surface area contributed by atoms with Crippen molar-refractivity contribution in [3.63, 3.8) is 0 Å². The Kier molecular flexibility index (Phi) is 6.69. The van der Waals surface area contributed by atoms with Crippen molar-refractivity contribution in [3.05, 3.63) is 0 Å². The Hall–Kier alpha value is -1.14. The molecule has 1 atom stereocenters. The van der Waals surface area contributed by atoms with Crippen LogP contribution in [0.2, 0.25) is 0 Å². The van der Waals surface area contributed by atoms with Gasteiger partial charge in [-0.25, -0.2) is 0 Å². The second-order valence-electron chi connectivity index (χ2n) is 2.65. The van der Waals surface area contributed by atoms with Crippen LogP contribution >= 0.6 is 0 Å². The molecule has 0 aromatic carbocycles. The summed E-state index contributed by atoms with van der Waals surface area (Å²) in [6.45, 7) is 2.63. The molecule has 0 aliphatic rings. The summed E-state index contributed by atoms with van der Waals surface area (Å²) in [4.78, 5) is 21.6. The van der Waals surface area contributed by atoms with Gasteiger partial charge >= 0.3 is 11.9 Å². The van der Waals surface area contributed by atoms with E-state index in [-0.39, 0.29) is 13.0 Å². The van der Waals surface area contributed by atoms with Gasteiger partial charge in [-0.2, -0.15) is 0 Å². The van der Waals surface area contributed by atoms with E-state index in [0.29, 0.717) is 13.1 Å². The number of nitrogens with one attached hydrogen (secondary N) is 1. The standard InChI is InChI=1S/C8H16N2O4/c1-2-14-8(13)6(5-7(11)12)10-4-3-9/h6,10H,2-5,9H2,1H3,(H,11,12). The molecule has 0 saturated carbocycles. The first kappa shape index (κ1) is 12.9. The molecule has 0 bridgehead atoms. The maximum atomic E-state index is 11.2. The number of hydrogen-bond acceptors (Lipinski definition) is 5. The maximum absolute atomic E-state index is 11.2. The van der Waals surface area contributed by atoms with Crippen molar-refractivity contribution in [2.75, 3.05) is 19.7 Å². The van der Waals surface area contributed by atoms with Gasteiger partial charge in [0.25, 0.3) is 0 Å². The van der Waals surface area contributed by atoms with Crippen molar-refractivity contribution in [2.24, 2.45) is 5.73 Å². The average molecular weight is 204 g/mol. The summed E-state index contributed by atoms with van der Waals surface area (Å²) in [5.41, 5.74) is 5.22. The van der Waals surface area contributed by atoms with Gasteiger partial charge in [0.2, 0.25) is 0 Å². The van der Waals surface area contributed by atoms with E-state index in [1.54, 1.807) is 6.92 Å². The van der Waals surface area contributed by atoms with E-state index in [4.69, 9.17) is 15.6 Å². The molecular weight excluding hydrogens is 188 g/mol. The zero-order chi connectivity index (χ0) is 11.0. The highest BCUT2D eigenvalue weighted by Gasteiger charge is 2.21. The first-order valence-electron chi connectivity index (χ1n) is 4.43. The minimum atomic E-state index is -1.05. The Labute approximate surface area is 82.4 Å². The van der Waals surface area contributed by atoms with Gasteiger partial charge in [0.15, 0.2) is 0 Å². The van der Waals surface area contributed by atoms with Gasteiger partial charge in [-0.05, 0) is 6.92 Å². The molecule has 1 unspecified atom stereocenters. The van der Waals surface area contributed by atoms with E-state index in [9.17, 15) is 9.59 Å². The molecule has 0 spiro atoms. The molecule has 0 aliphatic heterocycles. The normalized spacial score (nSPS) is 12.1. The summed E-state index contributed by atoms with van der Waals surface area (Å²) in [6.07, 6.45) is -0.293.